The fourth-order valence-corrected chi connectivity index (χ4v) is 2.23. The highest BCUT2D eigenvalue weighted by Crippen LogP contribution is 2.24. The van der Waals surface area contributed by atoms with Gasteiger partial charge in [0, 0.05) is 18.7 Å². The molecule has 1 fully saturated rings. The van der Waals surface area contributed by atoms with Gasteiger partial charge in [0.25, 0.3) is 5.91 Å². The lowest BCUT2D eigenvalue weighted by molar-refractivity contribution is -0.142. The number of hydrogen-bond acceptors (Lipinski definition) is 2. The highest BCUT2D eigenvalue weighted by atomic mass is 19.1. The molecule has 1 aromatic carbocycles. The summed E-state index contributed by atoms with van der Waals surface area (Å²) in [4.78, 5) is 24.6. The topological polar surface area (TPSA) is 57.6 Å². The molecule has 1 aromatic rings. The van der Waals surface area contributed by atoms with Crippen LogP contribution < -0.4 is 0 Å². The normalized spacial score (nSPS) is 23.1. The van der Waals surface area contributed by atoms with Gasteiger partial charge in [0.2, 0.25) is 0 Å². The van der Waals surface area contributed by atoms with E-state index in [1.807, 2.05) is 6.92 Å². The minimum atomic E-state index is -0.878. The molecule has 0 aliphatic carbocycles. The van der Waals surface area contributed by atoms with Crippen molar-refractivity contribution in [1.29, 1.82) is 0 Å². The molecular formula is C13H14FNO3. The Bertz CT molecular complexity index is 472. The lowest BCUT2D eigenvalue weighted by Gasteiger charge is -2.15. The zero-order chi connectivity index (χ0) is 13.3. The molecule has 4 nitrogen and oxygen atoms in total. The molecule has 5 heteroatoms. The molecule has 1 N–H and O–H groups in total. The summed E-state index contributed by atoms with van der Waals surface area (Å²) in [6, 6.07) is 5.27. The predicted octanol–water partition coefficient (Wildman–Crippen LogP) is 1.62. The molecular weight excluding hydrogens is 237 g/mol. The lowest BCUT2D eigenvalue weighted by Crippen LogP contribution is -2.29. The Morgan fingerprint density at radius 2 is 1.89 bits per heavy atom. The Morgan fingerprint density at radius 3 is 2.39 bits per heavy atom. The third-order valence-electron chi connectivity index (χ3n) is 3.31. The van der Waals surface area contributed by atoms with Crippen LogP contribution in [-0.4, -0.2) is 35.0 Å². The number of likely N-dealkylation sites (tertiary alicyclic amines) is 1. The SMILES string of the molecule is CC1CN(C(=O)c2ccc(F)cc2)CC1C(=O)O. The molecule has 2 rings (SSSR count). The lowest BCUT2D eigenvalue weighted by atomic mass is 9.99. The second-order valence-electron chi connectivity index (χ2n) is 4.64. The van der Waals surface area contributed by atoms with E-state index in [0.29, 0.717) is 12.1 Å². The number of carboxylic acid groups (broad SMARTS) is 1. The molecule has 1 aliphatic heterocycles. The zero-order valence-corrected chi connectivity index (χ0v) is 9.97. The van der Waals surface area contributed by atoms with Gasteiger partial charge in [0.15, 0.2) is 0 Å². The van der Waals surface area contributed by atoms with Crippen molar-refractivity contribution in [2.45, 2.75) is 6.92 Å². The van der Waals surface area contributed by atoms with Crippen molar-refractivity contribution in [3.05, 3.63) is 35.6 Å². The summed E-state index contributed by atoms with van der Waals surface area (Å²) in [6.07, 6.45) is 0. The van der Waals surface area contributed by atoms with Gasteiger partial charge in [-0.15, -0.1) is 0 Å². The van der Waals surface area contributed by atoms with E-state index in [4.69, 9.17) is 5.11 Å². The van der Waals surface area contributed by atoms with Crippen LogP contribution in [0.3, 0.4) is 0 Å². The molecule has 0 spiro atoms. The van der Waals surface area contributed by atoms with Crippen molar-refractivity contribution in [2.75, 3.05) is 13.1 Å². The fraction of sp³-hybridized carbons (Fsp3) is 0.385. The van der Waals surface area contributed by atoms with Gasteiger partial charge in [0.1, 0.15) is 5.82 Å². The summed E-state index contributed by atoms with van der Waals surface area (Å²) in [6.45, 7) is 2.45. The van der Waals surface area contributed by atoms with Crippen LogP contribution in [0.1, 0.15) is 17.3 Å². The predicted molar refractivity (Wildman–Crippen MR) is 62.6 cm³/mol. The molecule has 0 bridgehead atoms. The van der Waals surface area contributed by atoms with Crippen LogP contribution in [0.25, 0.3) is 0 Å². The van der Waals surface area contributed by atoms with E-state index in [9.17, 15) is 14.0 Å². The molecule has 1 saturated heterocycles. The number of amides is 1. The molecule has 96 valence electrons. The smallest absolute Gasteiger partial charge is 0.308 e. The average Bonchev–Trinajstić information content (AvgIpc) is 2.71. The maximum atomic E-state index is 12.8. The highest BCUT2D eigenvalue weighted by molar-refractivity contribution is 5.94. The number of hydrogen-bond donors (Lipinski definition) is 1. The van der Waals surface area contributed by atoms with Crippen LogP contribution in [0.5, 0.6) is 0 Å². The van der Waals surface area contributed by atoms with Gasteiger partial charge < -0.3 is 10.0 Å². The van der Waals surface area contributed by atoms with Gasteiger partial charge >= 0.3 is 5.97 Å². The minimum Gasteiger partial charge on any atom is -0.481 e. The summed E-state index contributed by atoms with van der Waals surface area (Å²) in [7, 11) is 0. The molecule has 1 amide bonds. The second-order valence-corrected chi connectivity index (χ2v) is 4.64. The van der Waals surface area contributed by atoms with Crippen LogP contribution >= 0.6 is 0 Å². The van der Waals surface area contributed by atoms with Crippen LogP contribution in [0.4, 0.5) is 4.39 Å². The molecule has 1 aliphatic rings. The minimum absolute atomic E-state index is 0.0631. The second kappa shape index (κ2) is 4.76. The first kappa shape index (κ1) is 12.5. The molecule has 2 atom stereocenters. The van der Waals surface area contributed by atoms with Gasteiger partial charge in [-0.25, -0.2) is 4.39 Å². The molecule has 0 aromatic heterocycles. The van der Waals surface area contributed by atoms with E-state index in [-0.39, 0.29) is 18.4 Å². The number of benzene rings is 1. The Labute approximate surface area is 104 Å². The Balaban J connectivity index is 2.12. The monoisotopic (exact) mass is 251 g/mol. The summed E-state index contributed by atoms with van der Waals surface area (Å²) in [5.41, 5.74) is 0.384. The molecule has 18 heavy (non-hydrogen) atoms. The molecule has 1 heterocycles. The van der Waals surface area contributed by atoms with E-state index in [1.165, 1.54) is 29.2 Å². The van der Waals surface area contributed by atoms with Crippen molar-refractivity contribution in [3.8, 4) is 0 Å². The number of carbonyl (C=O) groups is 2. The van der Waals surface area contributed by atoms with Crippen LogP contribution in [0.15, 0.2) is 24.3 Å². The van der Waals surface area contributed by atoms with Crippen molar-refractivity contribution in [3.63, 3.8) is 0 Å². The Hall–Kier alpha value is -1.91. The number of carbonyl (C=O) groups excluding carboxylic acids is 1. The van der Waals surface area contributed by atoms with Gasteiger partial charge in [0.05, 0.1) is 5.92 Å². The first-order valence-corrected chi connectivity index (χ1v) is 5.76. The molecule has 0 saturated carbocycles. The van der Waals surface area contributed by atoms with Crippen molar-refractivity contribution >= 4 is 11.9 Å². The van der Waals surface area contributed by atoms with Crippen molar-refractivity contribution < 1.29 is 19.1 Å². The van der Waals surface area contributed by atoms with Crippen LogP contribution in [0.2, 0.25) is 0 Å². The molecule has 2 unspecified atom stereocenters. The number of aliphatic carboxylic acids is 1. The first-order valence-electron chi connectivity index (χ1n) is 5.76. The van der Waals surface area contributed by atoms with Gasteiger partial charge in [-0.2, -0.15) is 0 Å². The average molecular weight is 251 g/mol. The fourth-order valence-electron chi connectivity index (χ4n) is 2.23. The number of rotatable bonds is 2. The van der Waals surface area contributed by atoms with E-state index in [1.54, 1.807) is 0 Å². The van der Waals surface area contributed by atoms with E-state index in [2.05, 4.69) is 0 Å². The third-order valence-corrected chi connectivity index (χ3v) is 3.31. The first-order chi connectivity index (χ1) is 8.49. The zero-order valence-electron chi connectivity index (χ0n) is 9.97. The highest BCUT2D eigenvalue weighted by Gasteiger charge is 2.37. The Morgan fingerprint density at radius 1 is 1.28 bits per heavy atom. The third kappa shape index (κ3) is 2.34. The van der Waals surface area contributed by atoms with E-state index >= 15 is 0 Å². The maximum Gasteiger partial charge on any atom is 0.308 e. The molecule has 0 radical (unpaired) electrons. The van der Waals surface area contributed by atoms with Crippen molar-refractivity contribution in [1.82, 2.24) is 4.90 Å². The number of nitrogens with zero attached hydrogens (tertiary/aromatic N) is 1. The number of halogens is 1. The summed E-state index contributed by atoms with van der Waals surface area (Å²) >= 11 is 0. The van der Waals surface area contributed by atoms with Crippen LogP contribution in [-0.2, 0) is 4.79 Å². The van der Waals surface area contributed by atoms with Gasteiger partial charge in [-0.05, 0) is 30.2 Å². The standard InChI is InChI=1S/C13H14FNO3/c1-8-6-15(7-11(8)13(17)18)12(16)9-2-4-10(14)5-3-9/h2-5,8,11H,6-7H2,1H3,(H,17,18). The largest absolute Gasteiger partial charge is 0.481 e. The van der Waals surface area contributed by atoms with Gasteiger partial charge in [-0.3, -0.25) is 9.59 Å². The van der Waals surface area contributed by atoms with Gasteiger partial charge in [-0.1, -0.05) is 6.92 Å². The van der Waals surface area contributed by atoms with E-state index < -0.39 is 17.7 Å². The summed E-state index contributed by atoms with van der Waals surface area (Å²) in [5.74, 6) is -2.10. The van der Waals surface area contributed by atoms with Crippen LogP contribution in [0, 0.1) is 17.7 Å². The summed E-state index contributed by atoms with van der Waals surface area (Å²) in [5, 5.41) is 9.00. The quantitative estimate of drug-likeness (QED) is 0.868. The summed E-state index contributed by atoms with van der Waals surface area (Å²) < 4.78 is 12.8. The Kier molecular flexibility index (Phi) is 3.32. The number of carboxylic acids is 1. The van der Waals surface area contributed by atoms with E-state index in [0.717, 1.165) is 0 Å². The van der Waals surface area contributed by atoms with Crippen molar-refractivity contribution in [2.24, 2.45) is 11.8 Å². The maximum absolute atomic E-state index is 12.8.